The van der Waals surface area contributed by atoms with Crippen LogP contribution in [0, 0.1) is 4.91 Å². The Bertz CT molecular complexity index is 721. The van der Waals surface area contributed by atoms with Gasteiger partial charge in [-0.1, -0.05) is 0 Å². The number of benzene rings is 1. The van der Waals surface area contributed by atoms with Crippen LogP contribution in [0.2, 0.25) is 0 Å². The van der Waals surface area contributed by atoms with Crippen LogP contribution in [0.15, 0.2) is 18.2 Å². The molecule has 0 saturated carbocycles. The molecule has 1 aromatic heterocycles. The molecule has 2 aromatic rings. The Morgan fingerprint density at radius 2 is 2.05 bits per heavy atom. The van der Waals surface area contributed by atoms with Crippen molar-refractivity contribution in [1.82, 2.24) is 4.73 Å². The van der Waals surface area contributed by atoms with Crippen molar-refractivity contribution in [2.24, 2.45) is 0 Å². The maximum atomic E-state index is 11.8. The van der Waals surface area contributed by atoms with Gasteiger partial charge < -0.3 is 19.8 Å². The van der Waals surface area contributed by atoms with E-state index in [1.165, 1.54) is 25.3 Å². The molecule has 0 fully saturated rings. The van der Waals surface area contributed by atoms with Crippen LogP contribution >= 0.6 is 0 Å². The summed E-state index contributed by atoms with van der Waals surface area (Å²) < 4.78 is 9.86. The van der Waals surface area contributed by atoms with E-state index in [9.17, 15) is 20.0 Å². The summed E-state index contributed by atoms with van der Waals surface area (Å²) in [6.07, 6.45) is 0. The molecular formula is C11H11N2O6+. The lowest BCUT2D eigenvalue weighted by Gasteiger charge is -2.06. The van der Waals surface area contributed by atoms with E-state index < -0.39 is 17.5 Å². The predicted molar refractivity (Wildman–Crippen MR) is 62.0 cm³/mol. The van der Waals surface area contributed by atoms with Crippen LogP contribution in [-0.4, -0.2) is 35.2 Å². The number of rotatable bonds is 2. The zero-order valence-electron chi connectivity index (χ0n) is 10.2. The molecule has 1 aromatic carbocycles. The van der Waals surface area contributed by atoms with Crippen molar-refractivity contribution in [1.29, 1.82) is 0 Å². The summed E-state index contributed by atoms with van der Waals surface area (Å²) in [6.45, 7) is 0. The minimum atomic E-state index is -1.05. The molecule has 0 atom stereocenters. The monoisotopic (exact) mass is 267 g/mol. The number of carbonyl (C=O) groups is 1. The number of ether oxygens (including phenoxy) is 2. The van der Waals surface area contributed by atoms with Gasteiger partial charge in [0.25, 0.3) is 11.2 Å². The Labute approximate surface area is 106 Å². The van der Waals surface area contributed by atoms with Gasteiger partial charge in [0, 0.05) is 17.0 Å². The molecule has 1 heterocycles. The van der Waals surface area contributed by atoms with Crippen molar-refractivity contribution in [2.45, 2.75) is 0 Å². The van der Waals surface area contributed by atoms with Crippen molar-refractivity contribution < 1.29 is 29.0 Å². The van der Waals surface area contributed by atoms with Gasteiger partial charge in [-0.05, 0) is 6.07 Å². The molecule has 19 heavy (non-hydrogen) atoms. The van der Waals surface area contributed by atoms with E-state index in [0.29, 0.717) is 10.5 Å². The van der Waals surface area contributed by atoms with E-state index in [0.717, 1.165) is 7.11 Å². The van der Waals surface area contributed by atoms with Gasteiger partial charge in [-0.3, -0.25) is 0 Å². The summed E-state index contributed by atoms with van der Waals surface area (Å²) in [7, 11) is 2.47. The van der Waals surface area contributed by atoms with E-state index in [4.69, 9.17) is 4.74 Å². The van der Waals surface area contributed by atoms with Crippen LogP contribution in [0.4, 0.5) is 0 Å². The van der Waals surface area contributed by atoms with Crippen LogP contribution < -0.4 is 9.16 Å². The molecule has 2 N–H and O–H groups in total. The number of nitrogens with zero attached hydrogens (tertiary/aromatic N) is 2. The molecule has 8 nitrogen and oxygen atoms in total. The van der Waals surface area contributed by atoms with Crippen molar-refractivity contribution in [3.8, 4) is 11.6 Å². The second-order valence-electron chi connectivity index (χ2n) is 3.62. The van der Waals surface area contributed by atoms with Gasteiger partial charge in [0.15, 0.2) is 5.52 Å². The Morgan fingerprint density at radius 3 is 2.63 bits per heavy atom. The fraction of sp³-hybridized carbons (Fsp3) is 0.182. The number of hydrogen-bond donors (Lipinski definition) is 2. The molecule has 0 aliphatic carbocycles. The fourth-order valence-electron chi connectivity index (χ4n) is 1.67. The fourth-order valence-corrected chi connectivity index (χ4v) is 1.67. The summed E-state index contributed by atoms with van der Waals surface area (Å²) >= 11 is 0. The molecule has 0 spiro atoms. The quantitative estimate of drug-likeness (QED) is 0.460. The first-order chi connectivity index (χ1) is 9.01. The first-order valence-electron chi connectivity index (χ1n) is 5.17. The van der Waals surface area contributed by atoms with Gasteiger partial charge in [0.1, 0.15) is 10.2 Å². The Kier molecular flexibility index (Phi) is 2.99. The van der Waals surface area contributed by atoms with E-state index in [-0.39, 0.29) is 15.5 Å². The van der Waals surface area contributed by atoms with Crippen LogP contribution in [0.25, 0.3) is 11.0 Å². The highest BCUT2D eigenvalue weighted by molar-refractivity contribution is 5.91. The minimum absolute atomic E-state index is 0.00690. The van der Waals surface area contributed by atoms with Crippen LogP contribution in [0.1, 0.15) is 10.5 Å². The van der Waals surface area contributed by atoms with Gasteiger partial charge in [-0.15, -0.1) is 0 Å². The average molecular weight is 267 g/mol. The van der Waals surface area contributed by atoms with Crippen LogP contribution in [0.5, 0.6) is 11.6 Å². The summed E-state index contributed by atoms with van der Waals surface area (Å²) in [5.41, 5.74) is -0.709. The molecular weight excluding hydrogens is 256 g/mol. The lowest BCUT2D eigenvalue weighted by Crippen LogP contribution is -2.25. The highest BCUT2D eigenvalue weighted by atomic mass is 16.5. The smallest absolute Gasteiger partial charge is 0.456 e. The zero-order valence-corrected chi connectivity index (χ0v) is 10.2. The number of esters is 1. The largest absolute Gasteiger partial charge is 0.497 e. The highest BCUT2D eigenvalue weighted by Crippen LogP contribution is 2.22. The van der Waals surface area contributed by atoms with Crippen molar-refractivity contribution in [3.05, 3.63) is 28.8 Å². The van der Waals surface area contributed by atoms with Crippen LogP contribution in [0.3, 0.4) is 0 Å². The lowest BCUT2D eigenvalue weighted by atomic mass is 10.2. The average Bonchev–Trinajstić information content (AvgIpc) is 2.44. The Hall–Kier alpha value is -2.77. The Balaban J connectivity index is 2.93. The molecule has 2 rings (SSSR count). The topological polar surface area (TPSA) is 104 Å². The number of hydrogen-bond acceptors (Lipinski definition) is 6. The van der Waals surface area contributed by atoms with Gasteiger partial charge >= 0.3 is 11.8 Å². The van der Waals surface area contributed by atoms with E-state index in [1.54, 1.807) is 0 Å². The van der Waals surface area contributed by atoms with Crippen molar-refractivity contribution >= 4 is 17.0 Å². The molecule has 8 heteroatoms. The summed E-state index contributed by atoms with van der Waals surface area (Å²) in [5, 5.41) is 19.6. The van der Waals surface area contributed by atoms with E-state index in [1.807, 2.05) is 0 Å². The third kappa shape index (κ3) is 1.82. The molecule has 0 aliphatic heterocycles. The summed E-state index contributed by atoms with van der Waals surface area (Å²) in [5.74, 6) is -1.63. The zero-order chi connectivity index (χ0) is 14.2. The number of carbonyl (C=O) groups excluding carboxylic acids is 1. The molecule has 100 valence electrons. The minimum Gasteiger partial charge on any atom is -0.497 e. The first kappa shape index (κ1) is 12.7. The third-order valence-electron chi connectivity index (χ3n) is 2.62. The van der Waals surface area contributed by atoms with Gasteiger partial charge in [0.2, 0.25) is 0 Å². The Morgan fingerprint density at radius 1 is 1.37 bits per heavy atom. The maximum absolute atomic E-state index is 11.8. The maximum Gasteiger partial charge on any atom is 0.456 e. The standard InChI is InChI=1S/C11H10N2O6/c1-18-6-3-4-7-8(5-6)12(16)9(11(15)19-2)10(14)13(7)17/h3-5,16H,1-2H3/p+1. The molecule has 0 saturated heterocycles. The second-order valence-corrected chi connectivity index (χ2v) is 3.62. The molecule has 0 aliphatic rings. The van der Waals surface area contributed by atoms with E-state index in [2.05, 4.69) is 4.74 Å². The number of aromatic nitrogens is 2. The van der Waals surface area contributed by atoms with Crippen molar-refractivity contribution in [2.75, 3.05) is 14.2 Å². The predicted octanol–water partition coefficient (Wildman–Crippen LogP) is 0.294. The second kappa shape index (κ2) is 4.48. The number of fused-ring (bicyclic) bond motifs is 1. The molecule has 0 unspecified atom stereocenters. The highest BCUT2D eigenvalue weighted by Gasteiger charge is 2.30. The summed E-state index contributed by atoms with van der Waals surface area (Å²) in [6, 6.07) is 4.16. The number of aromatic hydroxyl groups is 1. The first-order valence-corrected chi connectivity index (χ1v) is 5.17. The van der Waals surface area contributed by atoms with Gasteiger partial charge in [-0.2, -0.15) is 4.73 Å². The third-order valence-corrected chi connectivity index (χ3v) is 2.62. The van der Waals surface area contributed by atoms with Crippen LogP contribution in [-0.2, 0) is 4.74 Å². The molecule has 0 radical (unpaired) electrons. The van der Waals surface area contributed by atoms with E-state index >= 15 is 0 Å². The lowest BCUT2D eigenvalue weighted by molar-refractivity contribution is -0.478. The normalized spacial score (nSPS) is 10.4. The molecule has 0 bridgehead atoms. The molecule has 0 amide bonds. The summed E-state index contributed by atoms with van der Waals surface area (Å²) in [4.78, 5) is 23.3. The van der Waals surface area contributed by atoms with Gasteiger partial charge in [0.05, 0.1) is 14.2 Å². The SMILES string of the molecule is COC(=O)c1c(O)[n+](=O)c2ccc(OC)cc2n1O. The van der Waals surface area contributed by atoms with Gasteiger partial charge in [-0.25, -0.2) is 4.79 Å². The van der Waals surface area contributed by atoms with Crippen molar-refractivity contribution in [3.63, 3.8) is 0 Å². The number of methoxy groups -OCH3 is 2.